The molecule has 0 aliphatic heterocycles. The van der Waals surface area contributed by atoms with E-state index in [0.29, 0.717) is 17.7 Å². The van der Waals surface area contributed by atoms with E-state index in [1.165, 1.54) is 18.3 Å². The molecule has 0 amide bonds. The van der Waals surface area contributed by atoms with Gasteiger partial charge >= 0.3 is 0 Å². The number of rotatable bonds is 4. The first-order valence-electron chi connectivity index (χ1n) is 8.94. The number of nitrogens with zero attached hydrogens (tertiary/aromatic N) is 3. The Morgan fingerprint density at radius 1 is 1.04 bits per heavy atom. The SMILES string of the molecule is CCOc1ccc(-n2cc(-c3ccc(F)cc3)c3nccnc3c2=O)c(C)c1. The first-order valence-corrected chi connectivity index (χ1v) is 8.94. The Labute approximate surface area is 161 Å². The fourth-order valence-electron chi connectivity index (χ4n) is 3.23. The molecular weight excluding hydrogens is 357 g/mol. The van der Waals surface area contributed by atoms with Gasteiger partial charge < -0.3 is 4.74 Å². The molecule has 0 atom stereocenters. The summed E-state index contributed by atoms with van der Waals surface area (Å²) in [6, 6.07) is 11.7. The lowest BCUT2D eigenvalue weighted by Gasteiger charge is -2.14. The Bertz CT molecular complexity index is 1220. The molecule has 0 aliphatic carbocycles. The maximum absolute atomic E-state index is 13.4. The van der Waals surface area contributed by atoms with Gasteiger partial charge in [-0.05, 0) is 55.3 Å². The Kier molecular flexibility index (Phi) is 4.61. The lowest BCUT2D eigenvalue weighted by atomic mass is 10.1. The van der Waals surface area contributed by atoms with Crippen LogP contribution in [0.2, 0.25) is 0 Å². The number of aryl methyl sites for hydroxylation is 1. The van der Waals surface area contributed by atoms with Crippen LogP contribution in [0, 0.1) is 12.7 Å². The zero-order valence-electron chi connectivity index (χ0n) is 15.5. The van der Waals surface area contributed by atoms with Gasteiger partial charge in [0.25, 0.3) is 5.56 Å². The smallest absolute Gasteiger partial charge is 0.283 e. The Hall–Kier alpha value is -3.54. The number of aromatic nitrogens is 3. The summed E-state index contributed by atoms with van der Waals surface area (Å²) in [4.78, 5) is 21.7. The van der Waals surface area contributed by atoms with Gasteiger partial charge in [-0.1, -0.05) is 12.1 Å². The van der Waals surface area contributed by atoms with Crippen LogP contribution in [0.15, 0.2) is 65.8 Å². The molecule has 140 valence electrons. The monoisotopic (exact) mass is 375 g/mol. The minimum absolute atomic E-state index is 0.262. The van der Waals surface area contributed by atoms with E-state index in [1.54, 1.807) is 29.1 Å². The predicted molar refractivity (Wildman–Crippen MR) is 106 cm³/mol. The number of pyridine rings is 1. The zero-order valence-corrected chi connectivity index (χ0v) is 15.5. The van der Waals surface area contributed by atoms with E-state index in [1.807, 2.05) is 32.0 Å². The first-order chi connectivity index (χ1) is 13.6. The van der Waals surface area contributed by atoms with Gasteiger partial charge in [0.05, 0.1) is 12.3 Å². The fourth-order valence-corrected chi connectivity index (χ4v) is 3.23. The van der Waals surface area contributed by atoms with Gasteiger partial charge in [0.15, 0.2) is 5.52 Å². The van der Waals surface area contributed by atoms with E-state index >= 15 is 0 Å². The summed E-state index contributed by atoms with van der Waals surface area (Å²) in [5.41, 5.74) is 3.56. The standard InChI is InChI=1S/C22H18FN3O2/c1-3-28-17-8-9-19(14(2)12-17)26-13-18(15-4-6-16(23)7-5-15)20-21(22(26)27)25-11-10-24-20/h4-13H,3H2,1-2H3. The van der Waals surface area contributed by atoms with Crippen molar-refractivity contribution in [1.82, 2.24) is 14.5 Å². The second-order valence-electron chi connectivity index (χ2n) is 6.36. The quantitative estimate of drug-likeness (QED) is 0.534. The van der Waals surface area contributed by atoms with Gasteiger partial charge in [-0.2, -0.15) is 0 Å². The first kappa shape index (κ1) is 17.9. The summed E-state index contributed by atoms with van der Waals surface area (Å²) in [6.45, 7) is 4.41. The van der Waals surface area contributed by atoms with Crippen molar-refractivity contribution in [3.63, 3.8) is 0 Å². The number of halogens is 1. The minimum Gasteiger partial charge on any atom is -0.494 e. The second-order valence-corrected chi connectivity index (χ2v) is 6.36. The van der Waals surface area contributed by atoms with E-state index < -0.39 is 0 Å². The molecule has 5 nitrogen and oxygen atoms in total. The Balaban J connectivity index is 1.99. The highest BCUT2D eigenvalue weighted by atomic mass is 19.1. The second kappa shape index (κ2) is 7.23. The maximum Gasteiger partial charge on any atom is 0.283 e. The zero-order chi connectivity index (χ0) is 19.7. The summed E-state index contributed by atoms with van der Waals surface area (Å²) in [7, 11) is 0. The minimum atomic E-state index is -0.324. The van der Waals surface area contributed by atoms with Crippen LogP contribution in [0.4, 0.5) is 4.39 Å². The van der Waals surface area contributed by atoms with E-state index in [-0.39, 0.29) is 16.9 Å². The van der Waals surface area contributed by atoms with E-state index in [2.05, 4.69) is 9.97 Å². The molecule has 0 saturated carbocycles. The molecule has 0 saturated heterocycles. The number of hydrogen-bond acceptors (Lipinski definition) is 4. The molecular formula is C22H18FN3O2. The van der Waals surface area contributed by atoms with Crippen molar-refractivity contribution in [3.8, 4) is 22.6 Å². The van der Waals surface area contributed by atoms with Gasteiger partial charge in [-0.3, -0.25) is 14.3 Å². The van der Waals surface area contributed by atoms with Crippen molar-refractivity contribution >= 4 is 11.0 Å². The third-order valence-electron chi connectivity index (χ3n) is 4.53. The third kappa shape index (κ3) is 3.13. The van der Waals surface area contributed by atoms with Crippen LogP contribution in [0.3, 0.4) is 0 Å². The van der Waals surface area contributed by atoms with E-state index in [4.69, 9.17) is 4.74 Å². The van der Waals surface area contributed by atoms with Crippen molar-refractivity contribution in [3.05, 3.63) is 82.8 Å². The largest absolute Gasteiger partial charge is 0.494 e. The predicted octanol–water partition coefficient (Wildman–Crippen LogP) is 4.29. The highest BCUT2D eigenvalue weighted by Gasteiger charge is 2.15. The number of benzene rings is 2. The average Bonchev–Trinajstić information content (AvgIpc) is 2.70. The molecule has 28 heavy (non-hydrogen) atoms. The van der Waals surface area contributed by atoms with Crippen molar-refractivity contribution in [2.24, 2.45) is 0 Å². The molecule has 2 aromatic carbocycles. The number of hydrogen-bond donors (Lipinski definition) is 0. The lowest BCUT2D eigenvalue weighted by molar-refractivity contribution is 0.340. The van der Waals surface area contributed by atoms with E-state index in [0.717, 1.165) is 22.6 Å². The van der Waals surface area contributed by atoms with Crippen molar-refractivity contribution < 1.29 is 9.13 Å². The average molecular weight is 375 g/mol. The van der Waals surface area contributed by atoms with Crippen LogP contribution in [0.5, 0.6) is 5.75 Å². The normalized spacial score (nSPS) is 11.0. The summed E-state index contributed by atoms with van der Waals surface area (Å²) in [6.07, 6.45) is 4.77. The van der Waals surface area contributed by atoms with E-state index in [9.17, 15) is 9.18 Å². The van der Waals surface area contributed by atoms with Crippen molar-refractivity contribution in [2.75, 3.05) is 6.61 Å². The van der Waals surface area contributed by atoms with Crippen LogP contribution in [-0.4, -0.2) is 21.1 Å². The third-order valence-corrected chi connectivity index (χ3v) is 4.53. The number of ether oxygens (including phenoxy) is 1. The molecule has 0 spiro atoms. The van der Waals surface area contributed by atoms with Crippen LogP contribution in [0.1, 0.15) is 12.5 Å². The summed E-state index contributed by atoms with van der Waals surface area (Å²) in [5.74, 6) is 0.422. The molecule has 0 radical (unpaired) electrons. The summed E-state index contributed by atoms with van der Waals surface area (Å²) >= 11 is 0. The van der Waals surface area contributed by atoms with Gasteiger partial charge in [0, 0.05) is 24.2 Å². The maximum atomic E-state index is 13.4. The molecule has 0 aliphatic rings. The van der Waals surface area contributed by atoms with Crippen LogP contribution in [0.25, 0.3) is 27.8 Å². The molecule has 6 heteroatoms. The van der Waals surface area contributed by atoms with Gasteiger partial charge in [-0.25, -0.2) is 9.37 Å². The van der Waals surface area contributed by atoms with Gasteiger partial charge in [0.2, 0.25) is 0 Å². The lowest BCUT2D eigenvalue weighted by Crippen LogP contribution is -2.20. The number of fused-ring (bicyclic) bond motifs is 1. The highest BCUT2D eigenvalue weighted by Crippen LogP contribution is 2.27. The molecule has 2 aromatic heterocycles. The summed E-state index contributed by atoms with van der Waals surface area (Å²) < 4.78 is 20.5. The highest BCUT2D eigenvalue weighted by molar-refractivity contribution is 5.90. The van der Waals surface area contributed by atoms with Crippen LogP contribution in [-0.2, 0) is 0 Å². The van der Waals surface area contributed by atoms with Gasteiger partial charge in [0.1, 0.15) is 17.1 Å². The van der Waals surface area contributed by atoms with Crippen molar-refractivity contribution in [1.29, 1.82) is 0 Å². The molecule has 0 N–H and O–H groups in total. The molecule has 2 heterocycles. The topological polar surface area (TPSA) is 57.0 Å². The molecule has 0 unspecified atom stereocenters. The molecule has 0 bridgehead atoms. The Morgan fingerprint density at radius 2 is 1.75 bits per heavy atom. The van der Waals surface area contributed by atoms with Gasteiger partial charge in [-0.15, -0.1) is 0 Å². The van der Waals surface area contributed by atoms with Crippen molar-refractivity contribution in [2.45, 2.75) is 13.8 Å². The molecule has 4 rings (SSSR count). The summed E-state index contributed by atoms with van der Waals surface area (Å²) in [5, 5.41) is 0. The molecule has 4 aromatic rings. The Morgan fingerprint density at radius 3 is 2.43 bits per heavy atom. The van der Waals surface area contributed by atoms with Crippen LogP contribution >= 0.6 is 0 Å². The molecule has 0 fully saturated rings. The van der Waals surface area contributed by atoms with Crippen LogP contribution < -0.4 is 10.3 Å². The fraction of sp³-hybridized carbons (Fsp3) is 0.136.